The summed E-state index contributed by atoms with van der Waals surface area (Å²) in [6.07, 6.45) is -6.49. The first kappa shape index (κ1) is 16.0. The maximum atomic E-state index is 13.8. The van der Waals surface area contributed by atoms with E-state index in [1.54, 1.807) is 6.07 Å². The zero-order chi connectivity index (χ0) is 17.5. The van der Waals surface area contributed by atoms with Gasteiger partial charge in [0.15, 0.2) is 0 Å². The molecule has 0 spiro atoms. The van der Waals surface area contributed by atoms with Crippen molar-refractivity contribution < 1.29 is 32.2 Å². The quantitative estimate of drug-likeness (QED) is 0.831. The molecular weight excluding hydrogens is 328 g/mol. The third-order valence-corrected chi connectivity index (χ3v) is 3.58. The molecule has 7 heteroatoms. The van der Waals surface area contributed by atoms with Gasteiger partial charge in [0.2, 0.25) is 6.10 Å². The molecule has 3 rings (SSSR count). The highest BCUT2D eigenvalue weighted by Crippen LogP contribution is 2.39. The van der Waals surface area contributed by atoms with Crippen molar-refractivity contribution >= 4 is 12.0 Å². The number of rotatable bonds is 2. The zero-order valence-corrected chi connectivity index (χ0v) is 12.0. The van der Waals surface area contributed by atoms with E-state index in [1.807, 2.05) is 0 Å². The van der Waals surface area contributed by atoms with Crippen LogP contribution in [0.4, 0.5) is 17.6 Å². The van der Waals surface area contributed by atoms with Gasteiger partial charge in [0.25, 0.3) is 0 Å². The number of halogens is 4. The molecule has 0 aliphatic carbocycles. The molecule has 0 fully saturated rings. The Hall–Kier alpha value is -2.83. The summed E-state index contributed by atoms with van der Waals surface area (Å²) in [4.78, 5) is 11.1. The van der Waals surface area contributed by atoms with Crippen molar-refractivity contribution in [3.05, 3.63) is 59.4 Å². The van der Waals surface area contributed by atoms with E-state index in [4.69, 9.17) is 9.84 Å². The topological polar surface area (TPSA) is 46.5 Å². The fourth-order valence-electron chi connectivity index (χ4n) is 2.48. The molecule has 0 saturated heterocycles. The molecule has 24 heavy (non-hydrogen) atoms. The first-order chi connectivity index (χ1) is 11.3. The molecule has 0 saturated carbocycles. The first-order valence-corrected chi connectivity index (χ1v) is 6.84. The largest absolute Gasteiger partial charge is 0.478 e. The molecule has 2 aromatic rings. The lowest BCUT2D eigenvalue weighted by atomic mass is 9.97. The molecule has 0 amide bonds. The number of hydrogen-bond donors (Lipinski definition) is 1. The molecular formula is C17H10F4O3. The van der Waals surface area contributed by atoms with E-state index in [0.717, 1.165) is 6.08 Å². The van der Waals surface area contributed by atoms with E-state index in [-0.39, 0.29) is 16.9 Å². The molecule has 1 heterocycles. The number of ether oxygens (including phenoxy) is 1. The fraction of sp³-hybridized carbons (Fsp3) is 0.118. The van der Waals surface area contributed by atoms with Crippen LogP contribution in [-0.4, -0.2) is 23.4 Å². The van der Waals surface area contributed by atoms with Gasteiger partial charge in [0, 0.05) is 11.1 Å². The molecule has 0 bridgehead atoms. The van der Waals surface area contributed by atoms with Crippen molar-refractivity contribution in [2.45, 2.75) is 12.3 Å². The summed E-state index contributed by atoms with van der Waals surface area (Å²) in [5.41, 5.74) is -0.111. The van der Waals surface area contributed by atoms with Crippen LogP contribution in [0.2, 0.25) is 0 Å². The Morgan fingerprint density at radius 3 is 2.46 bits per heavy atom. The molecule has 1 atom stereocenters. The third kappa shape index (κ3) is 2.84. The van der Waals surface area contributed by atoms with Gasteiger partial charge in [-0.05, 0) is 29.8 Å². The van der Waals surface area contributed by atoms with Gasteiger partial charge in [-0.2, -0.15) is 13.2 Å². The van der Waals surface area contributed by atoms with Crippen LogP contribution in [-0.2, 0) is 4.79 Å². The van der Waals surface area contributed by atoms with Crippen LogP contribution in [0.1, 0.15) is 5.56 Å². The highest BCUT2D eigenvalue weighted by atomic mass is 19.4. The Kier molecular flexibility index (Phi) is 3.79. The smallest absolute Gasteiger partial charge is 0.430 e. The molecule has 1 N–H and O–H groups in total. The van der Waals surface area contributed by atoms with Gasteiger partial charge in [-0.3, -0.25) is 0 Å². The maximum Gasteiger partial charge on any atom is 0.430 e. The SMILES string of the molecule is O=C(O)C1=Cc2cc(-c3ccccc3F)ccc2OC1C(F)(F)F. The number of carboxylic acid groups (broad SMARTS) is 1. The molecule has 0 aromatic heterocycles. The van der Waals surface area contributed by atoms with Gasteiger partial charge in [-0.15, -0.1) is 0 Å². The maximum absolute atomic E-state index is 13.8. The number of carboxylic acids is 1. The van der Waals surface area contributed by atoms with Crippen LogP contribution in [0.15, 0.2) is 48.0 Å². The summed E-state index contributed by atoms with van der Waals surface area (Å²) in [6, 6.07) is 9.98. The minimum atomic E-state index is -4.86. The van der Waals surface area contributed by atoms with Gasteiger partial charge in [0.05, 0.1) is 5.57 Å². The Labute approximate surface area is 133 Å². The Balaban J connectivity index is 2.10. The average molecular weight is 338 g/mol. The van der Waals surface area contributed by atoms with Gasteiger partial charge < -0.3 is 9.84 Å². The van der Waals surface area contributed by atoms with Crippen LogP contribution in [0, 0.1) is 5.82 Å². The lowest BCUT2D eigenvalue weighted by Crippen LogP contribution is -2.40. The average Bonchev–Trinajstić information content (AvgIpc) is 2.52. The van der Waals surface area contributed by atoms with Crippen molar-refractivity contribution in [3.8, 4) is 16.9 Å². The molecule has 2 aromatic carbocycles. The van der Waals surface area contributed by atoms with Crippen LogP contribution in [0.5, 0.6) is 5.75 Å². The summed E-state index contributed by atoms with van der Waals surface area (Å²) in [6.45, 7) is 0. The first-order valence-electron chi connectivity index (χ1n) is 6.84. The van der Waals surface area contributed by atoms with Crippen molar-refractivity contribution in [2.75, 3.05) is 0 Å². The minimum Gasteiger partial charge on any atom is -0.478 e. The van der Waals surface area contributed by atoms with Crippen molar-refractivity contribution in [2.24, 2.45) is 0 Å². The van der Waals surface area contributed by atoms with Crippen molar-refractivity contribution in [3.63, 3.8) is 0 Å². The summed E-state index contributed by atoms with van der Waals surface area (Å²) in [5.74, 6) is -2.33. The highest BCUT2D eigenvalue weighted by molar-refractivity contribution is 5.95. The molecule has 1 aliphatic heterocycles. The predicted molar refractivity (Wildman–Crippen MR) is 77.9 cm³/mol. The second-order valence-electron chi connectivity index (χ2n) is 5.18. The van der Waals surface area contributed by atoms with Gasteiger partial charge in [0.1, 0.15) is 11.6 Å². The van der Waals surface area contributed by atoms with E-state index in [0.29, 0.717) is 5.56 Å². The third-order valence-electron chi connectivity index (χ3n) is 3.58. The monoisotopic (exact) mass is 338 g/mol. The zero-order valence-electron chi connectivity index (χ0n) is 12.0. The minimum absolute atomic E-state index is 0.109. The van der Waals surface area contributed by atoms with Gasteiger partial charge in [-0.1, -0.05) is 24.3 Å². The number of hydrogen-bond acceptors (Lipinski definition) is 2. The summed E-state index contributed by atoms with van der Waals surface area (Å²) >= 11 is 0. The number of carbonyl (C=O) groups is 1. The number of aliphatic carboxylic acids is 1. The molecule has 3 nitrogen and oxygen atoms in total. The van der Waals surface area contributed by atoms with E-state index >= 15 is 0 Å². The van der Waals surface area contributed by atoms with Gasteiger partial charge in [-0.25, -0.2) is 9.18 Å². The Bertz CT molecular complexity index is 840. The number of alkyl halides is 3. The Morgan fingerprint density at radius 2 is 1.83 bits per heavy atom. The lowest BCUT2D eigenvalue weighted by Gasteiger charge is -2.27. The second kappa shape index (κ2) is 5.67. The van der Waals surface area contributed by atoms with E-state index in [9.17, 15) is 22.4 Å². The number of benzene rings is 2. The lowest BCUT2D eigenvalue weighted by molar-refractivity contribution is -0.187. The van der Waals surface area contributed by atoms with Crippen LogP contribution in [0.3, 0.4) is 0 Å². The summed E-state index contributed by atoms with van der Waals surface area (Å²) < 4.78 is 57.6. The van der Waals surface area contributed by atoms with Crippen LogP contribution in [0.25, 0.3) is 17.2 Å². The van der Waals surface area contributed by atoms with E-state index in [2.05, 4.69) is 0 Å². The van der Waals surface area contributed by atoms with Crippen molar-refractivity contribution in [1.29, 1.82) is 0 Å². The highest BCUT2D eigenvalue weighted by Gasteiger charge is 2.48. The molecule has 1 unspecified atom stereocenters. The fourth-order valence-corrected chi connectivity index (χ4v) is 2.48. The van der Waals surface area contributed by atoms with Crippen LogP contribution < -0.4 is 4.74 Å². The van der Waals surface area contributed by atoms with Crippen LogP contribution >= 0.6 is 0 Å². The van der Waals surface area contributed by atoms with E-state index in [1.165, 1.54) is 36.4 Å². The predicted octanol–water partition coefficient (Wildman–Crippen LogP) is 4.28. The molecule has 0 radical (unpaired) electrons. The molecule has 1 aliphatic rings. The summed E-state index contributed by atoms with van der Waals surface area (Å²) in [7, 11) is 0. The standard InChI is InChI=1S/C17H10F4O3/c18-13-4-2-1-3-11(13)9-5-6-14-10(7-9)8-12(16(22)23)15(24-14)17(19,20)21/h1-8,15H,(H,22,23). The van der Waals surface area contributed by atoms with Crippen molar-refractivity contribution in [1.82, 2.24) is 0 Å². The second-order valence-corrected chi connectivity index (χ2v) is 5.18. The van der Waals surface area contributed by atoms with Gasteiger partial charge >= 0.3 is 12.1 Å². The molecule has 124 valence electrons. The normalized spacial score (nSPS) is 16.8. The summed E-state index contributed by atoms with van der Waals surface area (Å²) in [5, 5.41) is 9.02. The number of fused-ring (bicyclic) bond motifs is 1. The van der Waals surface area contributed by atoms with E-state index < -0.39 is 29.6 Å². The Morgan fingerprint density at radius 1 is 1.12 bits per heavy atom.